The van der Waals surface area contributed by atoms with Gasteiger partial charge in [-0.3, -0.25) is 9.59 Å². The number of amides is 3. The van der Waals surface area contributed by atoms with Crippen molar-refractivity contribution in [2.24, 2.45) is 0 Å². The highest BCUT2D eigenvalue weighted by molar-refractivity contribution is 7.98. The number of unbranched alkanes of at least 4 members (excludes halogenated alkanes) is 5. The number of rotatable bonds is 15. The zero-order valence-electron chi connectivity index (χ0n) is 25.8. The molecule has 0 spiro atoms. The fraction of sp³-hybridized carbons (Fsp3) is 0.710. The summed E-state index contributed by atoms with van der Waals surface area (Å²) < 4.78 is 5.48. The number of aryl methyl sites for hydroxylation is 1. The maximum atomic E-state index is 14.3. The quantitative estimate of drug-likeness (QED) is 0.230. The van der Waals surface area contributed by atoms with E-state index in [4.69, 9.17) is 4.74 Å². The van der Waals surface area contributed by atoms with Crippen molar-refractivity contribution in [3.8, 4) is 0 Å². The van der Waals surface area contributed by atoms with E-state index in [-0.39, 0.29) is 11.8 Å². The third-order valence-electron chi connectivity index (χ3n) is 6.05. The number of nitrogens with zero attached hydrogens (tertiary/aromatic N) is 1. The van der Waals surface area contributed by atoms with Crippen LogP contribution in [0.4, 0.5) is 4.79 Å². The Kier molecular flexibility index (Phi) is 15.0. The van der Waals surface area contributed by atoms with Crippen LogP contribution in [0.1, 0.15) is 111 Å². The summed E-state index contributed by atoms with van der Waals surface area (Å²) in [5, 5.41) is 5.91. The fourth-order valence-corrected chi connectivity index (χ4v) is 4.79. The molecule has 0 bridgehead atoms. The molecular formula is C31H53N3O4S. The van der Waals surface area contributed by atoms with Gasteiger partial charge in [0.05, 0.1) is 0 Å². The van der Waals surface area contributed by atoms with Gasteiger partial charge in [0.2, 0.25) is 11.8 Å². The smallest absolute Gasteiger partial charge is 0.408 e. The van der Waals surface area contributed by atoms with Gasteiger partial charge in [0.15, 0.2) is 0 Å². The average Bonchev–Trinajstić information content (AvgIpc) is 2.80. The monoisotopic (exact) mass is 563 g/mol. The van der Waals surface area contributed by atoms with E-state index in [9.17, 15) is 14.4 Å². The minimum Gasteiger partial charge on any atom is -0.444 e. The largest absolute Gasteiger partial charge is 0.444 e. The standard InChI is InChI=1S/C31H53N3O4S/c1-10-11-12-13-14-15-20-34(28(36)25(19-21-39-9)32-29(37)38-31(6,7)8)26(27(35)33-30(3,4)5)24-18-16-17-23(2)22-24/h16-18,22,25-26H,10-15,19-21H2,1-9H3,(H,32,37)(H,33,35). The van der Waals surface area contributed by atoms with Gasteiger partial charge in [-0.25, -0.2) is 4.79 Å². The number of hydrogen-bond donors (Lipinski definition) is 2. The zero-order chi connectivity index (χ0) is 29.6. The molecular weight excluding hydrogens is 510 g/mol. The molecule has 222 valence electrons. The molecule has 0 heterocycles. The molecule has 0 saturated heterocycles. The molecule has 0 fully saturated rings. The van der Waals surface area contributed by atoms with Crippen LogP contribution in [0.15, 0.2) is 24.3 Å². The molecule has 2 N–H and O–H groups in total. The van der Waals surface area contributed by atoms with Crippen LogP contribution >= 0.6 is 11.8 Å². The van der Waals surface area contributed by atoms with Crippen molar-refractivity contribution in [2.45, 2.75) is 124 Å². The first kappa shape index (κ1) is 34.8. The maximum Gasteiger partial charge on any atom is 0.408 e. The van der Waals surface area contributed by atoms with Crippen molar-refractivity contribution >= 4 is 29.7 Å². The second-order valence-corrected chi connectivity index (χ2v) is 13.3. The molecule has 0 aliphatic carbocycles. The lowest BCUT2D eigenvalue weighted by Crippen LogP contribution is -2.55. The van der Waals surface area contributed by atoms with Gasteiger partial charge in [-0.05, 0) is 78.9 Å². The SMILES string of the molecule is CCCCCCCCN(C(=O)C(CCSC)NC(=O)OC(C)(C)C)C(C(=O)NC(C)(C)C)c1cccc(C)c1. The maximum absolute atomic E-state index is 14.3. The van der Waals surface area contributed by atoms with Crippen molar-refractivity contribution < 1.29 is 19.1 Å². The lowest BCUT2D eigenvalue weighted by molar-refractivity contribution is -0.143. The van der Waals surface area contributed by atoms with E-state index in [0.29, 0.717) is 18.7 Å². The van der Waals surface area contributed by atoms with Crippen molar-refractivity contribution in [3.63, 3.8) is 0 Å². The molecule has 2 atom stereocenters. The number of thioether (sulfide) groups is 1. The van der Waals surface area contributed by atoms with Crippen LogP contribution in [-0.4, -0.2) is 58.5 Å². The molecule has 0 aromatic heterocycles. The molecule has 3 amide bonds. The summed E-state index contributed by atoms with van der Waals surface area (Å²) in [4.78, 5) is 42.5. The number of carbonyl (C=O) groups is 3. The minimum absolute atomic E-state index is 0.228. The number of hydrogen-bond acceptors (Lipinski definition) is 5. The summed E-state index contributed by atoms with van der Waals surface area (Å²) in [6.07, 6.45) is 8.14. The predicted molar refractivity (Wildman–Crippen MR) is 163 cm³/mol. The lowest BCUT2D eigenvalue weighted by atomic mass is 9.98. The molecule has 1 aromatic carbocycles. The Morgan fingerprint density at radius 2 is 1.64 bits per heavy atom. The van der Waals surface area contributed by atoms with Gasteiger partial charge in [0, 0.05) is 12.1 Å². The Balaban J connectivity index is 3.45. The lowest BCUT2D eigenvalue weighted by Gasteiger charge is -2.36. The second-order valence-electron chi connectivity index (χ2n) is 12.3. The molecule has 0 aliphatic heterocycles. The third-order valence-corrected chi connectivity index (χ3v) is 6.70. The number of nitrogens with one attached hydrogen (secondary N) is 2. The van der Waals surface area contributed by atoms with E-state index in [1.165, 1.54) is 12.8 Å². The van der Waals surface area contributed by atoms with Crippen LogP contribution in [0.25, 0.3) is 0 Å². The summed E-state index contributed by atoms with van der Waals surface area (Å²) >= 11 is 1.61. The van der Waals surface area contributed by atoms with Gasteiger partial charge in [-0.15, -0.1) is 0 Å². The molecule has 8 heteroatoms. The highest BCUT2D eigenvalue weighted by Crippen LogP contribution is 2.26. The molecule has 39 heavy (non-hydrogen) atoms. The minimum atomic E-state index is -0.815. The average molecular weight is 564 g/mol. The molecule has 0 radical (unpaired) electrons. The van der Waals surface area contributed by atoms with Crippen molar-refractivity contribution in [1.29, 1.82) is 0 Å². The van der Waals surface area contributed by atoms with E-state index in [1.54, 1.807) is 37.4 Å². The van der Waals surface area contributed by atoms with Crippen LogP contribution in [0, 0.1) is 6.92 Å². The van der Waals surface area contributed by atoms with Crippen LogP contribution in [0.2, 0.25) is 0 Å². The summed E-state index contributed by atoms with van der Waals surface area (Å²) in [6.45, 7) is 15.8. The first-order chi connectivity index (χ1) is 18.2. The van der Waals surface area contributed by atoms with E-state index < -0.39 is 29.3 Å². The van der Waals surface area contributed by atoms with Gasteiger partial charge < -0.3 is 20.3 Å². The number of benzene rings is 1. The Bertz CT molecular complexity index is 908. The van der Waals surface area contributed by atoms with Crippen LogP contribution in [0.5, 0.6) is 0 Å². The second kappa shape index (κ2) is 16.8. The first-order valence-corrected chi connectivity index (χ1v) is 15.8. The molecule has 2 unspecified atom stereocenters. The molecule has 0 aliphatic rings. The van der Waals surface area contributed by atoms with E-state index in [2.05, 4.69) is 17.6 Å². The topological polar surface area (TPSA) is 87.7 Å². The van der Waals surface area contributed by atoms with E-state index >= 15 is 0 Å². The molecule has 1 rings (SSSR count). The van der Waals surface area contributed by atoms with Gasteiger partial charge in [-0.1, -0.05) is 68.9 Å². The van der Waals surface area contributed by atoms with E-state index in [0.717, 1.165) is 36.8 Å². The molecule has 1 aromatic rings. The highest BCUT2D eigenvalue weighted by Gasteiger charge is 2.37. The van der Waals surface area contributed by atoms with Crippen LogP contribution in [-0.2, 0) is 14.3 Å². The molecule has 0 saturated carbocycles. The predicted octanol–water partition coefficient (Wildman–Crippen LogP) is 6.79. The highest BCUT2D eigenvalue weighted by atomic mass is 32.2. The van der Waals surface area contributed by atoms with E-state index in [1.807, 2.05) is 58.2 Å². The summed E-state index contributed by atoms with van der Waals surface area (Å²) in [6, 6.07) is 6.14. The first-order valence-electron chi connectivity index (χ1n) is 14.4. The Labute approximate surface area is 241 Å². The normalized spacial score (nSPS) is 13.4. The Morgan fingerprint density at radius 3 is 2.21 bits per heavy atom. The summed E-state index contributed by atoms with van der Waals surface area (Å²) in [5.41, 5.74) is 0.614. The Morgan fingerprint density at radius 1 is 1.00 bits per heavy atom. The van der Waals surface area contributed by atoms with Gasteiger partial charge in [0.25, 0.3) is 0 Å². The van der Waals surface area contributed by atoms with Crippen molar-refractivity contribution in [3.05, 3.63) is 35.4 Å². The Hall–Kier alpha value is -2.22. The van der Waals surface area contributed by atoms with Gasteiger partial charge in [0.1, 0.15) is 17.7 Å². The van der Waals surface area contributed by atoms with Crippen LogP contribution in [0.3, 0.4) is 0 Å². The number of alkyl carbamates (subject to hydrolysis) is 1. The van der Waals surface area contributed by atoms with Crippen molar-refractivity contribution in [2.75, 3.05) is 18.6 Å². The summed E-state index contributed by atoms with van der Waals surface area (Å²) in [7, 11) is 0. The zero-order valence-corrected chi connectivity index (χ0v) is 26.6. The fourth-order valence-electron chi connectivity index (χ4n) is 4.32. The van der Waals surface area contributed by atoms with Gasteiger partial charge in [-0.2, -0.15) is 11.8 Å². The third kappa shape index (κ3) is 14.1. The number of ether oxygens (including phenoxy) is 1. The van der Waals surface area contributed by atoms with Gasteiger partial charge >= 0.3 is 6.09 Å². The molecule has 7 nitrogen and oxygen atoms in total. The number of carbonyl (C=O) groups excluding carboxylic acids is 3. The van der Waals surface area contributed by atoms with Crippen molar-refractivity contribution in [1.82, 2.24) is 15.5 Å². The summed E-state index contributed by atoms with van der Waals surface area (Å²) in [5.74, 6) is 0.188. The van der Waals surface area contributed by atoms with Crippen LogP contribution < -0.4 is 10.6 Å².